The maximum atomic E-state index is 9.45. The van der Waals surface area contributed by atoms with Gasteiger partial charge in [-0.1, -0.05) is 19.9 Å². The molecule has 1 aromatic carbocycles. The molecule has 0 saturated carbocycles. The summed E-state index contributed by atoms with van der Waals surface area (Å²) in [6, 6.07) is 8.16. The molecule has 1 fully saturated rings. The highest BCUT2D eigenvalue weighted by molar-refractivity contribution is 6.28. The zero-order valence-electron chi connectivity index (χ0n) is 17.8. The van der Waals surface area contributed by atoms with E-state index >= 15 is 0 Å². The summed E-state index contributed by atoms with van der Waals surface area (Å²) in [6.45, 7) is 7.57. The Labute approximate surface area is 188 Å². The summed E-state index contributed by atoms with van der Waals surface area (Å²) in [6.07, 6.45) is 5.83. The van der Waals surface area contributed by atoms with E-state index in [4.69, 9.17) is 16.6 Å². The van der Waals surface area contributed by atoms with E-state index in [1.54, 1.807) is 6.20 Å². The molecule has 1 aromatic heterocycles. The first-order chi connectivity index (χ1) is 15.1. The van der Waals surface area contributed by atoms with Crippen molar-refractivity contribution in [2.45, 2.75) is 32.7 Å². The number of nitrogens with zero attached hydrogens (tertiary/aromatic N) is 6. The van der Waals surface area contributed by atoms with Crippen molar-refractivity contribution in [3.8, 4) is 6.19 Å². The molecule has 0 spiro atoms. The lowest BCUT2D eigenvalue weighted by atomic mass is 9.99. The number of aromatic nitrogens is 2. The summed E-state index contributed by atoms with van der Waals surface area (Å²) in [7, 11) is 0. The monoisotopic (exact) mass is 438 g/mol. The highest BCUT2D eigenvalue weighted by Crippen LogP contribution is 2.31. The van der Waals surface area contributed by atoms with Crippen LogP contribution >= 0.6 is 11.6 Å². The molecule has 2 aliphatic rings. The number of anilines is 2. The van der Waals surface area contributed by atoms with E-state index in [1.165, 1.54) is 5.56 Å². The van der Waals surface area contributed by atoms with Gasteiger partial charge < -0.3 is 15.1 Å². The van der Waals surface area contributed by atoms with E-state index in [2.05, 4.69) is 56.5 Å². The van der Waals surface area contributed by atoms with E-state index in [-0.39, 0.29) is 11.3 Å². The molecule has 2 aliphatic heterocycles. The lowest BCUT2D eigenvalue weighted by Crippen LogP contribution is -2.59. The number of hydrogen-bond donors (Lipinski definition) is 2. The topological polar surface area (TPSA) is 92.5 Å². The van der Waals surface area contributed by atoms with Crippen LogP contribution in [-0.2, 0) is 6.42 Å². The molecule has 0 amide bonds. The molecule has 9 heteroatoms. The summed E-state index contributed by atoms with van der Waals surface area (Å²) in [5.41, 5.74) is 3.26. The van der Waals surface area contributed by atoms with Crippen LogP contribution in [0.4, 0.5) is 17.2 Å². The fourth-order valence-corrected chi connectivity index (χ4v) is 4.42. The Morgan fingerprint density at radius 1 is 1.35 bits per heavy atom. The molecule has 0 aliphatic carbocycles. The van der Waals surface area contributed by atoms with Crippen LogP contribution in [0.25, 0.3) is 0 Å². The minimum absolute atomic E-state index is 0.153. The molecule has 3 heterocycles. The molecule has 8 nitrogen and oxygen atoms in total. The van der Waals surface area contributed by atoms with E-state index in [0.29, 0.717) is 18.4 Å². The van der Waals surface area contributed by atoms with Gasteiger partial charge in [0.25, 0.3) is 0 Å². The van der Waals surface area contributed by atoms with Crippen molar-refractivity contribution in [3.05, 3.63) is 41.3 Å². The van der Waals surface area contributed by atoms with Crippen molar-refractivity contribution in [1.82, 2.24) is 20.2 Å². The third-order valence-corrected chi connectivity index (χ3v) is 6.04. The van der Waals surface area contributed by atoms with Crippen LogP contribution in [0.5, 0.6) is 0 Å². The molecule has 1 saturated heterocycles. The number of halogens is 1. The number of nitriles is 1. The first-order valence-electron chi connectivity index (χ1n) is 10.7. The van der Waals surface area contributed by atoms with Gasteiger partial charge in [0.15, 0.2) is 6.19 Å². The second kappa shape index (κ2) is 9.40. The third-order valence-electron chi connectivity index (χ3n) is 5.86. The number of nitrogens with one attached hydrogen (secondary N) is 2. The van der Waals surface area contributed by atoms with Gasteiger partial charge in [0.2, 0.25) is 11.2 Å². The van der Waals surface area contributed by atoms with Crippen LogP contribution in [-0.4, -0.2) is 53.0 Å². The van der Waals surface area contributed by atoms with E-state index in [1.807, 2.05) is 18.2 Å². The Bertz CT molecular complexity index is 999. The summed E-state index contributed by atoms with van der Waals surface area (Å²) < 4.78 is 0. The van der Waals surface area contributed by atoms with Crippen LogP contribution in [0, 0.1) is 17.4 Å². The molecule has 1 atom stereocenters. The molecule has 1 unspecified atom stereocenters. The molecule has 2 aromatic rings. The summed E-state index contributed by atoms with van der Waals surface area (Å²) in [5, 5.41) is 16.0. The smallest absolute Gasteiger partial charge is 0.224 e. The van der Waals surface area contributed by atoms with Crippen LogP contribution in [0.1, 0.15) is 25.8 Å². The van der Waals surface area contributed by atoms with Crippen LogP contribution < -0.4 is 15.5 Å². The number of fused-ring (bicyclic) bond motifs is 1. The van der Waals surface area contributed by atoms with Crippen molar-refractivity contribution in [3.63, 3.8) is 0 Å². The predicted molar refractivity (Wildman–Crippen MR) is 124 cm³/mol. The maximum absolute atomic E-state index is 9.45. The average Bonchev–Trinajstić information content (AvgIpc) is 2.78. The van der Waals surface area contributed by atoms with Crippen LogP contribution in [0.3, 0.4) is 0 Å². The molecular weight excluding hydrogens is 412 g/mol. The molecular formula is C22H27ClN8. The van der Waals surface area contributed by atoms with Gasteiger partial charge in [-0.15, -0.1) is 0 Å². The summed E-state index contributed by atoms with van der Waals surface area (Å²) >= 11 is 6.00. The fraction of sp³-hybridized carbons (Fsp3) is 0.455. The number of benzene rings is 1. The highest BCUT2D eigenvalue weighted by Gasteiger charge is 2.32. The summed E-state index contributed by atoms with van der Waals surface area (Å²) in [5.74, 6) is 1.76. The minimum atomic E-state index is 0.153. The SMILES string of the molecule is CC(C)C1CN(c2ccnc(Cl)n2)CCN1C(=Nc1cccc2c1CCCN2)NC#N. The second-order valence-corrected chi connectivity index (χ2v) is 8.48. The lowest BCUT2D eigenvalue weighted by molar-refractivity contribution is 0.220. The van der Waals surface area contributed by atoms with Crippen LogP contribution in [0.2, 0.25) is 5.28 Å². The molecule has 31 heavy (non-hydrogen) atoms. The van der Waals surface area contributed by atoms with Gasteiger partial charge in [0, 0.05) is 43.6 Å². The van der Waals surface area contributed by atoms with Gasteiger partial charge in [0.1, 0.15) is 5.82 Å². The summed E-state index contributed by atoms with van der Waals surface area (Å²) in [4.78, 5) is 17.7. The van der Waals surface area contributed by atoms with Crippen molar-refractivity contribution in [1.29, 1.82) is 5.26 Å². The van der Waals surface area contributed by atoms with E-state index < -0.39 is 0 Å². The predicted octanol–water partition coefficient (Wildman–Crippen LogP) is 3.39. The Morgan fingerprint density at radius 3 is 3.00 bits per heavy atom. The molecule has 4 rings (SSSR count). The Hall–Kier alpha value is -3.05. The van der Waals surface area contributed by atoms with Crippen molar-refractivity contribution in [2.24, 2.45) is 10.9 Å². The first-order valence-corrected chi connectivity index (χ1v) is 11.0. The number of aliphatic imine (C=N–C) groups is 1. The molecule has 0 radical (unpaired) electrons. The van der Waals surface area contributed by atoms with E-state index in [0.717, 1.165) is 49.7 Å². The van der Waals surface area contributed by atoms with Crippen molar-refractivity contribution in [2.75, 3.05) is 36.4 Å². The third kappa shape index (κ3) is 4.67. The molecule has 162 valence electrons. The lowest BCUT2D eigenvalue weighted by Gasteiger charge is -2.44. The quantitative estimate of drug-likeness (QED) is 0.249. The van der Waals surface area contributed by atoms with Crippen LogP contribution in [0.15, 0.2) is 35.5 Å². The number of piperazine rings is 1. The van der Waals surface area contributed by atoms with Crippen molar-refractivity contribution < 1.29 is 0 Å². The number of guanidine groups is 1. The van der Waals surface area contributed by atoms with E-state index in [9.17, 15) is 5.26 Å². The number of hydrogen-bond acceptors (Lipinski definition) is 6. The minimum Gasteiger partial charge on any atom is -0.385 e. The average molecular weight is 439 g/mol. The standard InChI is InChI=1S/C22H27ClN8/c1-15(2)19-13-30(20-8-10-26-21(23)29-20)11-12-31(19)22(27-14-24)28-18-7-3-6-17-16(18)5-4-9-25-17/h3,6-8,10,15,19,25H,4-5,9,11-13H2,1-2H3,(H,27,28). The van der Waals surface area contributed by atoms with Crippen molar-refractivity contribution >= 4 is 34.8 Å². The fourth-order valence-electron chi connectivity index (χ4n) is 4.28. The van der Waals surface area contributed by atoms with Gasteiger partial charge in [-0.3, -0.25) is 5.32 Å². The normalized spacial score (nSPS) is 18.9. The Kier molecular flexibility index (Phi) is 6.42. The van der Waals surface area contributed by atoms with Gasteiger partial charge in [0.05, 0.1) is 11.7 Å². The van der Waals surface area contributed by atoms with Gasteiger partial charge in [-0.25, -0.2) is 15.0 Å². The molecule has 0 bridgehead atoms. The largest absolute Gasteiger partial charge is 0.385 e. The first kappa shape index (κ1) is 21.2. The zero-order chi connectivity index (χ0) is 21.8. The van der Waals surface area contributed by atoms with Gasteiger partial charge >= 0.3 is 0 Å². The Morgan fingerprint density at radius 2 is 2.23 bits per heavy atom. The zero-order valence-corrected chi connectivity index (χ0v) is 18.6. The Balaban J connectivity index is 1.64. The maximum Gasteiger partial charge on any atom is 0.224 e. The highest BCUT2D eigenvalue weighted by atomic mass is 35.5. The van der Waals surface area contributed by atoms with Gasteiger partial charge in [-0.05, 0) is 48.6 Å². The number of rotatable bonds is 3. The van der Waals surface area contributed by atoms with Gasteiger partial charge in [-0.2, -0.15) is 5.26 Å². The molecule has 2 N–H and O–H groups in total. The second-order valence-electron chi connectivity index (χ2n) is 8.14.